The molecule has 0 aliphatic rings. The quantitative estimate of drug-likeness (QED) is 0.731. The van der Waals surface area contributed by atoms with Crippen molar-refractivity contribution < 1.29 is 9.73 Å². The van der Waals surface area contributed by atoms with E-state index >= 15 is 0 Å². The average Bonchev–Trinajstić information content (AvgIpc) is 2.99. The molecule has 0 saturated heterocycles. The predicted octanol–water partition coefficient (Wildman–Crippen LogP) is 4.52. The Morgan fingerprint density at radius 3 is 2.50 bits per heavy atom. The zero-order valence-electron chi connectivity index (χ0n) is 11.9. The van der Waals surface area contributed by atoms with Gasteiger partial charge in [0, 0.05) is 16.1 Å². The Morgan fingerprint density at radius 1 is 0.864 bits per heavy atom. The highest BCUT2D eigenvalue weighted by Gasteiger charge is 2.10. The number of quaternary nitrogens is 1. The maximum Gasteiger partial charge on any atom is 0.158 e. The van der Waals surface area contributed by atoms with Gasteiger partial charge in [0.05, 0.1) is 5.02 Å². The molecule has 22 heavy (non-hydrogen) atoms. The maximum atomic E-state index is 6.20. The summed E-state index contributed by atoms with van der Waals surface area (Å²) in [6.45, 7) is 1.71. The normalized spacial score (nSPS) is 10.8. The van der Waals surface area contributed by atoms with Crippen LogP contribution in [-0.2, 0) is 13.1 Å². The van der Waals surface area contributed by atoms with Gasteiger partial charge in [-0.25, -0.2) is 0 Å². The first-order valence-corrected chi connectivity index (χ1v) is 7.88. The highest BCUT2D eigenvalue weighted by atomic mass is 35.5. The second kappa shape index (κ2) is 7.01. The molecule has 1 aromatic heterocycles. The van der Waals surface area contributed by atoms with E-state index in [0.29, 0.717) is 10.0 Å². The summed E-state index contributed by atoms with van der Waals surface area (Å²) >= 11 is 12.2. The minimum absolute atomic E-state index is 0.638. The topological polar surface area (TPSA) is 29.8 Å². The molecule has 0 aliphatic heterocycles. The van der Waals surface area contributed by atoms with Gasteiger partial charge in [0.15, 0.2) is 5.76 Å². The van der Waals surface area contributed by atoms with Crippen molar-refractivity contribution in [3.8, 4) is 11.3 Å². The van der Waals surface area contributed by atoms with Crippen LogP contribution in [0.3, 0.4) is 0 Å². The van der Waals surface area contributed by atoms with Crippen molar-refractivity contribution in [1.82, 2.24) is 0 Å². The van der Waals surface area contributed by atoms with Gasteiger partial charge in [-0.3, -0.25) is 0 Å². The van der Waals surface area contributed by atoms with Gasteiger partial charge in [-0.1, -0.05) is 53.5 Å². The van der Waals surface area contributed by atoms with Crippen LogP contribution < -0.4 is 5.32 Å². The largest absolute Gasteiger partial charge is 0.455 e. The monoisotopic (exact) mass is 332 g/mol. The molecule has 2 N–H and O–H groups in total. The molecular weight excluding hydrogens is 317 g/mol. The van der Waals surface area contributed by atoms with Crippen LogP contribution >= 0.6 is 23.2 Å². The maximum absolute atomic E-state index is 6.20. The van der Waals surface area contributed by atoms with Crippen molar-refractivity contribution in [3.05, 3.63) is 82.0 Å². The first kappa shape index (κ1) is 15.2. The van der Waals surface area contributed by atoms with Gasteiger partial charge in [0.1, 0.15) is 18.8 Å². The lowest BCUT2D eigenvalue weighted by molar-refractivity contribution is -0.687. The minimum atomic E-state index is 0.638. The molecule has 112 valence electrons. The Morgan fingerprint density at radius 2 is 1.68 bits per heavy atom. The van der Waals surface area contributed by atoms with Gasteiger partial charge < -0.3 is 9.73 Å². The predicted molar refractivity (Wildman–Crippen MR) is 89.9 cm³/mol. The number of benzene rings is 2. The van der Waals surface area contributed by atoms with Crippen LogP contribution in [0.15, 0.2) is 65.1 Å². The third-order valence-corrected chi connectivity index (χ3v) is 3.99. The van der Waals surface area contributed by atoms with Crippen molar-refractivity contribution >= 4 is 23.2 Å². The highest BCUT2D eigenvalue weighted by molar-refractivity contribution is 6.35. The van der Waals surface area contributed by atoms with Crippen LogP contribution in [0.2, 0.25) is 10.0 Å². The van der Waals surface area contributed by atoms with Gasteiger partial charge in [-0.15, -0.1) is 0 Å². The fourth-order valence-corrected chi connectivity index (χ4v) is 2.70. The molecular formula is C18H16Cl2NO+. The first-order valence-electron chi connectivity index (χ1n) is 7.12. The van der Waals surface area contributed by atoms with Crippen LogP contribution in [0, 0.1) is 0 Å². The van der Waals surface area contributed by atoms with Gasteiger partial charge in [-0.2, -0.15) is 0 Å². The number of rotatable bonds is 5. The van der Waals surface area contributed by atoms with E-state index in [4.69, 9.17) is 27.6 Å². The Balaban J connectivity index is 1.65. The molecule has 3 rings (SSSR count). The molecule has 0 spiro atoms. The Hall–Kier alpha value is -1.74. The van der Waals surface area contributed by atoms with Gasteiger partial charge in [0.2, 0.25) is 0 Å². The highest BCUT2D eigenvalue weighted by Crippen LogP contribution is 2.31. The summed E-state index contributed by atoms with van der Waals surface area (Å²) in [5.41, 5.74) is 2.12. The fraction of sp³-hybridized carbons (Fsp3) is 0.111. The SMILES string of the molecule is Clc1ccc(Cl)c(-c2ccc(C[NH2+]Cc3ccccc3)o2)c1. The summed E-state index contributed by atoms with van der Waals surface area (Å²) in [5, 5.41) is 3.49. The third-order valence-electron chi connectivity index (χ3n) is 3.42. The van der Waals surface area contributed by atoms with Crippen molar-refractivity contribution in [2.75, 3.05) is 0 Å². The number of nitrogens with two attached hydrogens (primary N) is 1. The Labute approximate surface area is 139 Å². The summed E-state index contributed by atoms with van der Waals surface area (Å²) in [6, 6.07) is 19.7. The van der Waals surface area contributed by atoms with Crippen LogP contribution in [0.25, 0.3) is 11.3 Å². The second-order valence-electron chi connectivity index (χ2n) is 5.07. The summed E-state index contributed by atoms with van der Waals surface area (Å²) in [7, 11) is 0. The molecule has 0 atom stereocenters. The Kier molecular flexibility index (Phi) is 4.84. The van der Waals surface area contributed by atoms with Crippen LogP contribution in [-0.4, -0.2) is 0 Å². The molecule has 2 aromatic carbocycles. The molecule has 0 aliphatic carbocycles. The van der Waals surface area contributed by atoms with Crippen LogP contribution in [0.1, 0.15) is 11.3 Å². The lowest BCUT2D eigenvalue weighted by Gasteiger charge is -2.02. The van der Waals surface area contributed by atoms with Crippen molar-refractivity contribution in [1.29, 1.82) is 0 Å². The molecule has 0 bridgehead atoms. The Bertz CT molecular complexity index is 753. The summed E-state index contributed by atoms with van der Waals surface area (Å²) in [4.78, 5) is 0. The zero-order valence-corrected chi connectivity index (χ0v) is 13.4. The molecule has 4 heteroatoms. The molecule has 0 unspecified atom stereocenters. The first-order chi connectivity index (χ1) is 10.7. The lowest BCUT2D eigenvalue weighted by atomic mass is 10.2. The third kappa shape index (κ3) is 3.72. The van der Waals surface area contributed by atoms with E-state index in [1.54, 1.807) is 12.1 Å². The van der Waals surface area contributed by atoms with E-state index in [-0.39, 0.29) is 0 Å². The average molecular weight is 333 g/mol. The van der Waals surface area contributed by atoms with Crippen molar-refractivity contribution in [3.63, 3.8) is 0 Å². The van der Waals surface area contributed by atoms with Gasteiger partial charge in [-0.05, 0) is 30.3 Å². The molecule has 0 radical (unpaired) electrons. The van der Waals surface area contributed by atoms with Gasteiger partial charge in [0.25, 0.3) is 0 Å². The standard InChI is InChI=1S/C18H15Cl2NO/c19-14-6-8-17(20)16(10-14)18-9-7-15(22-18)12-21-11-13-4-2-1-3-5-13/h1-10,21H,11-12H2/p+1. The van der Waals surface area contributed by atoms with E-state index in [0.717, 1.165) is 30.2 Å². The number of hydrogen-bond donors (Lipinski definition) is 1. The summed E-state index contributed by atoms with van der Waals surface area (Å²) < 4.78 is 5.87. The summed E-state index contributed by atoms with van der Waals surface area (Å²) in [5.74, 6) is 1.66. The van der Waals surface area contributed by atoms with E-state index in [1.165, 1.54) is 5.56 Å². The molecule has 2 nitrogen and oxygen atoms in total. The van der Waals surface area contributed by atoms with E-state index in [2.05, 4.69) is 29.6 Å². The van der Waals surface area contributed by atoms with Crippen LogP contribution in [0.4, 0.5) is 0 Å². The molecule has 0 fully saturated rings. The smallest absolute Gasteiger partial charge is 0.158 e. The van der Waals surface area contributed by atoms with Crippen molar-refractivity contribution in [2.45, 2.75) is 13.1 Å². The van der Waals surface area contributed by atoms with Crippen molar-refractivity contribution in [2.24, 2.45) is 0 Å². The zero-order chi connectivity index (χ0) is 15.4. The molecule has 0 saturated carbocycles. The lowest BCUT2D eigenvalue weighted by Crippen LogP contribution is -2.80. The van der Waals surface area contributed by atoms with E-state index in [1.807, 2.05) is 24.3 Å². The summed E-state index contributed by atoms with van der Waals surface area (Å²) in [6.07, 6.45) is 0. The molecule has 0 amide bonds. The van der Waals surface area contributed by atoms with Crippen LogP contribution in [0.5, 0.6) is 0 Å². The molecule has 1 heterocycles. The van der Waals surface area contributed by atoms with E-state index < -0.39 is 0 Å². The molecule has 3 aromatic rings. The minimum Gasteiger partial charge on any atom is -0.455 e. The fourth-order valence-electron chi connectivity index (χ4n) is 2.31. The number of furan rings is 1. The second-order valence-corrected chi connectivity index (χ2v) is 5.92. The number of halogens is 2. The van der Waals surface area contributed by atoms with Gasteiger partial charge >= 0.3 is 0 Å². The van der Waals surface area contributed by atoms with E-state index in [9.17, 15) is 0 Å². The number of hydrogen-bond acceptors (Lipinski definition) is 1.